The van der Waals surface area contributed by atoms with Crippen LogP contribution >= 0.6 is 0 Å². The summed E-state index contributed by atoms with van der Waals surface area (Å²) in [7, 11) is 3.64. The topological polar surface area (TPSA) is 134 Å². The lowest BCUT2D eigenvalue weighted by atomic mass is 10.1. The van der Waals surface area contributed by atoms with E-state index in [4.69, 9.17) is 9.47 Å². The lowest BCUT2D eigenvalue weighted by molar-refractivity contribution is 0.0762. The maximum absolute atomic E-state index is 13.1. The van der Waals surface area contributed by atoms with Gasteiger partial charge < -0.3 is 24.6 Å². The van der Waals surface area contributed by atoms with E-state index in [0.717, 1.165) is 37.2 Å². The first-order valence-corrected chi connectivity index (χ1v) is 13.7. The zero-order chi connectivity index (χ0) is 29.5. The molecule has 1 aliphatic heterocycles. The van der Waals surface area contributed by atoms with Gasteiger partial charge in [-0.1, -0.05) is 6.07 Å². The summed E-state index contributed by atoms with van der Waals surface area (Å²) in [5.41, 5.74) is 3.22. The maximum Gasteiger partial charge on any atom is 0.254 e. The summed E-state index contributed by atoms with van der Waals surface area (Å²) >= 11 is 0. The Morgan fingerprint density at radius 1 is 1.07 bits per heavy atom. The molecule has 2 aromatic heterocycles. The molecule has 3 heterocycles. The molecule has 0 bridgehead atoms. The molecule has 1 atom stereocenters. The van der Waals surface area contributed by atoms with Crippen LogP contribution in [0.1, 0.15) is 29.3 Å². The normalized spacial score (nSPS) is 14.5. The molecular formula is C30H33N9O3. The van der Waals surface area contributed by atoms with Crippen LogP contribution in [0.4, 0.5) is 11.6 Å². The molecule has 0 radical (unpaired) electrons. The number of likely N-dealkylation sites (N-methyl/N-ethyl adjacent to an activating group) is 1. The van der Waals surface area contributed by atoms with Gasteiger partial charge in [0.05, 0.1) is 24.9 Å². The highest BCUT2D eigenvalue weighted by molar-refractivity contribution is 5.95. The molecule has 12 nitrogen and oxygen atoms in total. The number of nitrogens with zero attached hydrogens (tertiary/aromatic N) is 8. The first-order chi connectivity index (χ1) is 20.4. The zero-order valence-electron chi connectivity index (χ0n) is 23.9. The lowest BCUT2D eigenvalue weighted by Crippen LogP contribution is -2.34. The quantitative estimate of drug-likeness (QED) is 0.320. The Balaban J connectivity index is 1.28. The standard InChI is InChI=1S/C30H33N9O3/c1-21(18-39-20-32-19-35-39)42-27-13-22(5-6-24(27)15-31)25-16-33-30(34-17-25)36-26-8-7-23(14-28(26)41-3)29(40)38-10-4-9-37(2)11-12-38/h5-8,13-14,16-17,19-21H,4,9-12,18H2,1-3H3,(H,33,34,36). The molecule has 1 fully saturated rings. The molecule has 0 saturated carbocycles. The number of benzene rings is 2. The highest BCUT2D eigenvalue weighted by atomic mass is 16.5. The number of carbonyl (C=O) groups excluding carboxylic acids is 1. The summed E-state index contributed by atoms with van der Waals surface area (Å²) in [4.78, 5) is 30.2. The van der Waals surface area contributed by atoms with Crippen LogP contribution in [0.5, 0.6) is 11.5 Å². The average Bonchev–Trinajstić information content (AvgIpc) is 3.42. The third-order valence-electron chi connectivity index (χ3n) is 7.03. The molecule has 1 aliphatic rings. The van der Waals surface area contributed by atoms with Crippen LogP contribution in [0, 0.1) is 11.3 Å². The summed E-state index contributed by atoms with van der Waals surface area (Å²) in [5, 5.41) is 16.9. The fraction of sp³-hybridized carbons (Fsp3) is 0.333. The highest BCUT2D eigenvalue weighted by Crippen LogP contribution is 2.30. The molecule has 4 aromatic rings. The fourth-order valence-electron chi connectivity index (χ4n) is 4.76. The first kappa shape index (κ1) is 28.5. The Labute approximate surface area is 244 Å². The number of amides is 1. The summed E-state index contributed by atoms with van der Waals surface area (Å²) < 4.78 is 13.3. The van der Waals surface area contributed by atoms with Gasteiger partial charge in [-0.15, -0.1) is 0 Å². The van der Waals surface area contributed by atoms with Crippen LogP contribution in [-0.2, 0) is 6.54 Å². The average molecular weight is 568 g/mol. The van der Waals surface area contributed by atoms with Crippen LogP contribution in [0.2, 0.25) is 0 Å². The van der Waals surface area contributed by atoms with Crippen molar-refractivity contribution in [2.24, 2.45) is 0 Å². The van der Waals surface area contributed by atoms with Crippen LogP contribution in [-0.4, -0.2) is 86.9 Å². The van der Waals surface area contributed by atoms with Crippen LogP contribution in [0.25, 0.3) is 11.1 Å². The predicted octanol–water partition coefficient (Wildman–Crippen LogP) is 3.60. The molecule has 12 heteroatoms. The van der Waals surface area contributed by atoms with E-state index in [2.05, 4.69) is 43.4 Å². The second-order valence-corrected chi connectivity index (χ2v) is 10.2. The van der Waals surface area contributed by atoms with Crippen molar-refractivity contribution in [2.45, 2.75) is 26.0 Å². The SMILES string of the molecule is COc1cc(C(=O)N2CCCN(C)CC2)ccc1Nc1ncc(-c2ccc(C#N)c(OC(C)Cn3cncn3)c2)cn1. The Hall–Kier alpha value is -5.02. The molecule has 216 valence electrons. The van der Waals surface area contributed by atoms with Gasteiger partial charge in [0.1, 0.15) is 36.3 Å². The van der Waals surface area contributed by atoms with Crippen molar-refractivity contribution in [2.75, 3.05) is 45.7 Å². The van der Waals surface area contributed by atoms with Gasteiger partial charge >= 0.3 is 0 Å². The van der Waals surface area contributed by atoms with E-state index in [9.17, 15) is 10.1 Å². The molecule has 1 saturated heterocycles. The molecule has 1 amide bonds. The first-order valence-electron chi connectivity index (χ1n) is 13.7. The summed E-state index contributed by atoms with van der Waals surface area (Å²) in [5.74, 6) is 1.36. The minimum Gasteiger partial charge on any atom is -0.495 e. The van der Waals surface area contributed by atoms with Gasteiger partial charge in [0.2, 0.25) is 5.95 Å². The molecule has 42 heavy (non-hydrogen) atoms. The van der Waals surface area contributed by atoms with Gasteiger partial charge in [0.15, 0.2) is 0 Å². The van der Waals surface area contributed by atoms with Crippen molar-refractivity contribution in [3.63, 3.8) is 0 Å². The lowest BCUT2D eigenvalue weighted by Gasteiger charge is -2.21. The molecule has 0 spiro atoms. The largest absolute Gasteiger partial charge is 0.495 e. The number of anilines is 2. The highest BCUT2D eigenvalue weighted by Gasteiger charge is 2.20. The molecule has 5 rings (SSSR count). The van der Waals surface area contributed by atoms with Crippen LogP contribution < -0.4 is 14.8 Å². The van der Waals surface area contributed by atoms with Crippen molar-refractivity contribution in [1.29, 1.82) is 5.26 Å². The third kappa shape index (κ3) is 6.82. The maximum atomic E-state index is 13.1. The number of ether oxygens (including phenoxy) is 2. The van der Waals surface area contributed by atoms with Crippen molar-refractivity contribution in [3.8, 4) is 28.7 Å². The van der Waals surface area contributed by atoms with Crippen LogP contribution in [0.15, 0.2) is 61.4 Å². The Morgan fingerprint density at radius 2 is 1.90 bits per heavy atom. The van der Waals surface area contributed by atoms with E-state index in [1.807, 2.05) is 24.0 Å². The van der Waals surface area contributed by atoms with E-state index in [-0.39, 0.29) is 12.0 Å². The van der Waals surface area contributed by atoms with Gasteiger partial charge in [-0.05, 0) is 62.8 Å². The number of hydrogen-bond donors (Lipinski definition) is 1. The van der Waals surface area contributed by atoms with Crippen molar-refractivity contribution >= 4 is 17.5 Å². The number of aromatic nitrogens is 5. The minimum atomic E-state index is -0.236. The van der Waals surface area contributed by atoms with Gasteiger partial charge in [-0.3, -0.25) is 4.79 Å². The summed E-state index contributed by atoms with van der Waals surface area (Å²) in [6, 6.07) is 12.9. The number of rotatable bonds is 9. The van der Waals surface area contributed by atoms with E-state index < -0.39 is 0 Å². The Kier molecular flexibility index (Phi) is 8.89. The second kappa shape index (κ2) is 13.1. The molecular weight excluding hydrogens is 534 g/mol. The van der Waals surface area contributed by atoms with Crippen molar-refractivity contribution in [3.05, 3.63) is 72.6 Å². The molecule has 2 aromatic carbocycles. The molecule has 1 N–H and O–H groups in total. The zero-order valence-corrected chi connectivity index (χ0v) is 23.9. The van der Waals surface area contributed by atoms with Crippen molar-refractivity contribution in [1.82, 2.24) is 34.5 Å². The van der Waals surface area contributed by atoms with Gasteiger partial charge in [0.25, 0.3) is 5.91 Å². The number of carbonyl (C=O) groups is 1. The van der Waals surface area contributed by atoms with Gasteiger partial charge in [0, 0.05) is 43.2 Å². The number of nitrogens with one attached hydrogen (secondary N) is 1. The fourth-order valence-corrected chi connectivity index (χ4v) is 4.76. The number of nitriles is 1. The second-order valence-electron chi connectivity index (χ2n) is 10.2. The van der Waals surface area contributed by atoms with E-state index in [1.54, 1.807) is 54.8 Å². The summed E-state index contributed by atoms with van der Waals surface area (Å²) in [6.07, 6.45) is 7.19. The van der Waals surface area contributed by atoms with E-state index in [1.165, 1.54) is 6.33 Å². The molecule has 1 unspecified atom stereocenters. The summed E-state index contributed by atoms with van der Waals surface area (Å²) in [6.45, 7) is 5.68. The minimum absolute atomic E-state index is 0.00527. The Bertz CT molecular complexity index is 1550. The smallest absolute Gasteiger partial charge is 0.254 e. The number of hydrogen-bond acceptors (Lipinski definition) is 10. The predicted molar refractivity (Wildman–Crippen MR) is 157 cm³/mol. The third-order valence-corrected chi connectivity index (χ3v) is 7.03. The van der Waals surface area contributed by atoms with E-state index in [0.29, 0.717) is 47.4 Å². The number of methoxy groups -OCH3 is 1. The Morgan fingerprint density at radius 3 is 2.64 bits per heavy atom. The van der Waals surface area contributed by atoms with Gasteiger partial charge in [-0.2, -0.15) is 10.4 Å². The molecule has 0 aliphatic carbocycles. The van der Waals surface area contributed by atoms with Gasteiger partial charge in [-0.25, -0.2) is 19.6 Å². The van der Waals surface area contributed by atoms with Crippen molar-refractivity contribution < 1.29 is 14.3 Å². The van der Waals surface area contributed by atoms with E-state index >= 15 is 0 Å². The van der Waals surface area contributed by atoms with Crippen LogP contribution in [0.3, 0.4) is 0 Å². The monoisotopic (exact) mass is 567 g/mol.